The van der Waals surface area contributed by atoms with Gasteiger partial charge in [-0.25, -0.2) is 4.57 Å². The Hall–Kier alpha value is -0.550. The third-order valence-electron chi connectivity index (χ3n) is 1.61. The van der Waals surface area contributed by atoms with E-state index in [1.807, 2.05) is 12.1 Å². The summed E-state index contributed by atoms with van der Waals surface area (Å²) < 4.78 is 19.9. The van der Waals surface area contributed by atoms with Crippen molar-refractivity contribution < 1.29 is 28.9 Å². The number of hydrogen-bond acceptors (Lipinski definition) is 4. The van der Waals surface area contributed by atoms with E-state index in [-0.39, 0.29) is 6.61 Å². The van der Waals surface area contributed by atoms with Gasteiger partial charge in [0.25, 0.3) is 0 Å². The lowest BCUT2D eigenvalue weighted by atomic mass is 10.2. The van der Waals surface area contributed by atoms with Gasteiger partial charge < -0.3 is 19.8 Å². The van der Waals surface area contributed by atoms with E-state index < -0.39 is 14.3 Å². The van der Waals surface area contributed by atoms with E-state index in [2.05, 4.69) is 4.98 Å². The van der Waals surface area contributed by atoms with Crippen LogP contribution in [0.25, 0.3) is 0 Å². The Morgan fingerprint density at radius 2 is 1.82 bits per heavy atom. The van der Waals surface area contributed by atoms with E-state index in [0.717, 1.165) is 5.56 Å². The molecule has 1 heterocycles. The fourth-order valence-electron chi connectivity index (χ4n) is 0.675. The summed E-state index contributed by atoms with van der Waals surface area (Å²) in [6.45, 7) is 0.819. The zero-order chi connectivity index (χ0) is 13.5. The Morgan fingerprint density at radius 3 is 2.12 bits per heavy atom. The average molecular weight is 283 g/mol. The average Bonchev–Trinajstić information content (AvgIpc) is 2.17. The Morgan fingerprint density at radius 1 is 1.29 bits per heavy atom. The SMILES string of the molecule is CP(=O)(O)P(=O)(O)O.OCCc1cccnc1. The van der Waals surface area contributed by atoms with E-state index in [4.69, 9.17) is 19.8 Å². The molecule has 0 amide bonds. The van der Waals surface area contributed by atoms with Crippen molar-refractivity contribution in [2.45, 2.75) is 6.42 Å². The molecule has 1 unspecified atom stereocenters. The first-order valence-electron chi connectivity index (χ1n) is 4.54. The van der Waals surface area contributed by atoms with Gasteiger partial charge in [-0.05, 0) is 18.1 Å². The van der Waals surface area contributed by atoms with Gasteiger partial charge in [0.05, 0.1) is 0 Å². The van der Waals surface area contributed by atoms with Crippen LogP contribution in [0.3, 0.4) is 0 Å². The highest BCUT2D eigenvalue weighted by Crippen LogP contribution is 2.71. The first-order valence-corrected chi connectivity index (χ1v) is 8.97. The lowest BCUT2D eigenvalue weighted by Crippen LogP contribution is -1.89. The minimum atomic E-state index is -4.74. The quantitative estimate of drug-likeness (QED) is 0.598. The summed E-state index contributed by atoms with van der Waals surface area (Å²) in [5, 5.41) is 8.49. The minimum absolute atomic E-state index is 0.200. The summed E-state index contributed by atoms with van der Waals surface area (Å²) in [7, 11) is -8.92. The van der Waals surface area contributed by atoms with Crippen molar-refractivity contribution in [1.82, 2.24) is 4.98 Å². The second-order valence-corrected chi connectivity index (χ2v) is 9.67. The molecule has 4 N–H and O–H groups in total. The highest BCUT2D eigenvalue weighted by molar-refractivity contribution is 8.28. The summed E-state index contributed by atoms with van der Waals surface area (Å²) >= 11 is 0. The van der Waals surface area contributed by atoms with Crippen molar-refractivity contribution in [1.29, 1.82) is 0 Å². The lowest BCUT2D eigenvalue weighted by Gasteiger charge is -2.04. The Balaban J connectivity index is 0.000000304. The van der Waals surface area contributed by atoms with Crippen molar-refractivity contribution in [2.24, 2.45) is 0 Å². The van der Waals surface area contributed by atoms with Crippen molar-refractivity contribution in [3.05, 3.63) is 30.1 Å². The second kappa shape index (κ2) is 7.01. The van der Waals surface area contributed by atoms with Crippen LogP contribution in [0.1, 0.15) is 5.56 Å². The van der Waals surface area contributed by atoms with Crippen LogP contribution in [-0.2, 0) is 15.6 Å². The number of pyridine rings is 1. The molecule has 0 aliphatic carbocycles. The van der Waals surface area contributed by atoms with Crippen LogP contribution < -0.4 is 0 Å². The molecule has 17 heavy (non-hydrogen) atoms. The maximum Gasteiger partial charge on any atom is 0.407 e. The monoisotopic (exact) mass is 283 g/mol. The molecule has 0 saturated carbocycles. The largest absolute Gasteiger partial charge is 0.407 e. The molecule has 0 aliphatic rings. The minimum Gasteiger partial charge on any atom is -0.396 e. The predicted molar refractivity (Wildman–Crippen MR) is 62.8 cm³/mol. The standard InChI is InChI=1S/C7H9NO.CH6O5P2/c9-5-3-7-2-1-4-8-6-7;1-7(2,3)8(4,5)6/h1-2,4,6,9H,3,5H2;1H3,(H,2,3)(H2,4,5,6). The maximum atomic E-state index is 10.0. The van der Waals surface area contributed by atoms with Crippen LogP contribution in [0.4, 0.5) is 0 Å². The third-order valence-corrected chi connectivity index (χ3v) is 5.47. The van der Waals surface area contributed by atoms with Crippen molar-refractivity contribution in [3.63, 3.8) is 0 Å². The number of aliphatic hydroxyl groups is 1. The van der Waals surface area contributed by atoms with Crippen LogP contribution in [0.5, 0.6) is 0 Å². The molecule has 0 saturated heterocycles. The molecule has 1 aromatic heterocycles. The van der Waals surface area contributed by atoms with Gasteiger partial charge in [0.2, 0.25) is 0 Å². The summed E-state index contributed by atoms with van der Waals surface area (Å²) in [5.41, 5.74) is 1.08. The van der Waals surface area contributed by atoms with Gasteiger partial charge in [-0.15, -0.1) is 0 Å². The molecule has 0 radical (unpaired) electrons. The van der Waals surface area contributed by atoms with Gasteiger partial charge in [0, 0.05) is 25.7 Å². The van der Waals surface area contributed by atoms with Gasteiger partial charge in [-0.2, -0.15) is 0 Å². The molecule has 1 rings (SSSR count). The third kappa shape index (κ3) is 7.39. The van der Waals surface area contributed by atoms with Crippen molar-refractivity contribution in [2.75, 3.05) is 13.3 Å². The van der Waals surface area contributed by atoms with E-state index in [1.54, 1.807) is 12.4 Å². The molecule has 0 spiro atoms. The molecule has 98 valence electrons. The van der Waals surface area contributed by atoms with E-state index in [0.29, 0.717) is 13.1 Å². The Labute approximate surface area is 98.7 Å². The van der Waals surface area contributed by atoms with Gasteiger partial charge in [-0.3, -0.25) is 9.55 Å². The first kappa shape index (κ1) is 16.4. The topological polar surface area (TPSA) is 128 Å². The van der Waals surface area contributed by atoms with Gasteiger partial charge >= 0.3 is 14.3 Å². The predicted octanol–water partition coefficient (Wildman–Crippen LogP) is 0.596. The fourth-order valence-corrected chi connectivity index (χ4v) is 0.675. The molecule has 0 aliphatic heterocycles. The molecule has 7 nitrogen and oxygen atoms in total. The zero-order valence-corrected chi connectivity index (χ0v) is 11.0. The molecule has 0 aromatic carbocycles. The molecular formula is C8H15NO6P2. The van der Waals surface area contributed by atoms with E-state index in [9.17, 15) is 9.13 Å². The molecule has 1 atom stereocenters. The molecular weight excluding hydrogens is 268 g/mol. The molecule has 0 fully saturated rings. The van der Waals surface area contributed by atoms with Gasteiger partial charge in [0.15, 0.2) is 0 Å². The Bertz CT molecular complexity index is 391. The fraction of sp³-hybridized carbons (Fsp3) is 0.375. The maximum absolute atomic E-state index is 10.0. The molecule has 0 bridgehead atoms. The number of hydrogen-bond donors (Lipinski definition) is 4. The van der Waals surface area contributed by atoms with Crippen LogP contribution in [0, 0.1) is 0 Å². The normalized spacial score (nSPS) is 14.4. The zero-order valence-electron chi connectivity index (χ0n) is 9.17. The van der Waals surface area contributed by atoms with E-state index >= 15 is 0 Å². The van der Waals surface area contributed by atoms with Crippen LogP contribution >= 0.6 is 14.3 Å². The van der Waals surface area contributed by atoms with Gasteiger partial charge in [-0.1, -0.05) is 6.07 Å². The van der Waals surface area contributed by atoms with Crippen molar-refractivity contribution in [3.8, 4) is 0 Å². The van der Waals surface area contributed by atoms with Crippen LogP contribution in [-0.4, -0.2) is 38.0 Å². The Kier molecular flexibility index (Phi) is 6.78. The van der Waals surface area contributed by atoms with Crippen LogP contribution in [0.2, 0.25) is 0 Å². The summed E-state index contributed by atoms with van der Waals surface area (Å²) in [5.74, 6) is 0. The first-order chi connectivity index (χ1) is 7.68. The summed E-state index contributed by atoms with van der Waals surface area (Å²) in [4.78, 5) is 27.9. The van der Waals surface area contributed by atoms with E-state index in [1.165, 1.54) is 0 Å². The molecule has 1 aromatic rings. The lowest BCUT2D eigenvalue weighted by molar-refractivity contribution is 0.299. The highest BCUT2D eigenvalue weighted by Gasteiger charge is 2.33. The summed E-state index contributed by atoms with van der Waals surface area (Å²) in [6.07, 6.45) is 4.19. The number of aromatic nitrogens is 1. The molecule has 9 heteroatoms. The highest BCUT2D eigenvalue weighted by atomic mass is 32.1. The van der Waals surface area contributed by atoms with Crippen LogP contribution in [0.15, 0.2) is 24.5 Å². The number of aliphatic hydroxyl groups excluding tert-OH is 1. The number of nitrogens with zero attached hydrogens (tertiary/aromatic N) is 1. The van der Waals surface area contributed by atoms with Gasteiger partial charge in [0.1, 0.15) is 0 Å². The summed E-state index contributed by atoms with van der Waals surface area (Å²) in [6, 6.07) is 3.81. The number of rotatable bonds is 3. The second-order valence-electron chi connectivity index (χ2n) is 3.18. The smallest absolute Gasteiger partial charge is 0.396 e. The van der Waals surface area contributed by atoms with Crippen molar-refractivity contribution >= 4 is 14.3 Å².